The van der Waals surface area contributed by atoms with Gasteiger partial charge in [-0.15, -0.1) is 0 Å². The van der Waals surface area contributed by atoms with Gasteiger partial charge in [0.2, 0.25) is 0 Å². The van der Waals surface area contributed by atoms with Crippen LogP contribution in [0.15, 0.2) is 121 Å². The molecule has 208 valence electrons. The fourth-order valence-corrected chi connectivity index (χ4v) is 4.77. The summed E-state index contributed by atoms with van der Waals surface area (Å²) in [7, 11) is 0. The number of benzene rings is 4. The summed E-state index contributed by atoms with van der Waals surface area (Å²) in [6.07, 6.45) is -3.72. The first kappa shape index (κ1) is 28.2. The number of ether oxygens (including phenoxy) is 5. The van der Waals surface area contributed by atoms with E-state index in [1.54, 1.807) is 0 Å². The summed E-state index contributed by atoms with van der Waals surface area (Å²) in [4.78, 5) is 0. The summed E-state index contributed by atoms with van der Waals surface area (Å²) >= 11 is 0. The molecule has 0 spiro atoms. The second-order valence-electron chi connectivity index (χ2n) is 9.85. The lowest BCUT2D eigenvalue weighted by Gasteiger charge is -2.44. The number of hydrogen-bond donors (Lipinski definition) is 1. The summed E-state index contributed by atoms with van der Waals surface area (Å²) < 4.78 is 31.4. The monoisotopic (exact) mass is 540 g/mol. The van der Waals surface area contributed by atoms with Crippen LogP contribution in [0.3, 0.4) is 0 Å². The van der Waals surface area contributed by atoms with Crippen LogP contribution in [0, 0.1) is 0 Å². The van der Waals surface area contributed by atoms with Crippen LogP contribution in [0.5, 0.6) is 0 Å². The van der Waals surface area contributed by atoms with E-state index in [0.717, 1.165) is 22.3 Å². The SMILES string of the molecule is O[C@H]1O[C@H](COCc2ccccc2)[C@H](OCc2ccccc2)[C@@H](OCc2ccccc2)[C@@H]1OCc1ccccc1. The van der Waals surface area contributed by atoms with Gasteiger partial charge in [-0.3, -0.25) is 0 Å². The molecule has 0 amide bonds. The van der Waals surface area contributed by atoms with Gasteiger partial charge in [0.15, 0.2) is 6.29 Å². The maximum atomic E-state index is 11.2. The molecule has 4 aromatic rings. The lowest BCUT2D eigenvalue weighted by Crippen LogP contribution is -2.61. The van der Waals surface area contributed by atoms with Crippen molar-refractivity contribution in [3.8, 4) is 0 Å². The largest absolute Gasteiger partial charge is 0.374 e. The van der Waals surface area contributed by atoms with Crippen molar-refractivity contribution < 1.29 is 28.8 Å². The molecule has 0 bridgehead atoms. The quantitative estimate of drug-likeness (QED) is 0.236. The van der Waals surface area contributed by atoms with Gasteiger partial charge in [-0.2, -0.15) is 0 Å². The fraction of sp³-hybridized carbons (Fsp3) is 0.294. The van der Waals surface area contributed by atoms with Crippen molar-refractivity contribution in [3.63, 3.8) is 0 Å². The third kappa shape index (κ3) is 8.08. The molecular formula is C34H36O6. The Morgan fingerprint density at radius 1 is 0.475 bits per heavy atom. The fourth-order valence-electron chi connectivity index (χ4n) is 4.77. The molecule has 1 aliphatic heterocycles. The van der Waals surface area contributed by atoms with Gasteiger partial charge < -0.3 is 28.8 Å². The van der Waals surface area contributed by atoms with Crippen LogP contribution in [0.2, 0.25) is 0 Å². The van der Waals surface area contributed by atoms with Gasteiger partial charge in [0, 0.05) is 0 Å². The topological polar surface area (TPSA) is 66.4 Å². The van der Waals surface area contributed by atoms with E-state index in [2.05, 4.69) is 0 Å². The Morgan fingerprint density at radius 3 is 1.30 bits per heavy atom. The number of aliphatic hydroxyl groups is 1. The summed E-state index contributed by atoms with van der Waals surface area (Å²) in [5.41, 5.74) is 4.10. The van der Waals surface area contributed by atoms with Crippen molar-refractivity contribution in [2.75, 3.05) is 6.61 Å². The molecule has 0 unspecified atom stereocenters. The van der Waals surface area contributed by atoms with Gasteiger partial charge >= 0.3 is 0 Å². The Balaban J connectivity index is 1.36. The minimum Gasteiger partial charge on any atom is -0.374 e. The van der Waals surface area contributed by atoms with Crippen molar-refractivity contribution in [1.29, 1.82) is 0 Å². The molecule has 1 fully saturated rings. The Kier molecular flexibility index (Phi) is 10.5. The summed E-state index contributed by atoms with van der Waals surface area (Å²) in [6, 6.07) is 39.7. The maximum Gasteiger partial charge on any atom is 0.184 e. The second-order valence-corrected chi connectivity index (χ2v) is 9.85. The number of rotatable bonds is 13. The molecule has 6 nitrogen and oxygen atoms in total. The third-order valence-corrected chi connectivity index (χ3v) is 6.86. The third-order valence-electron chi connectivity index (χ3n) is 6.86. The van der Waals surface area contributed by atoms with E-state index in [9.17, 15) is 5.11 Å². The molecular weight excluding hydrogens is 504 g/mol. The zero-order valence-electron chi connectivity index (χ0n) is 22.5. The summed E-state index contributed by atoms with van der Waals surface area (Å²) in [5, 5.41) is 11.2. The van der Waals surface area contributed by atoms with Crippen LogP contribution in [-0.2, 0) is 50.1 Å². The minimum atomic E-state index is -1.22. The average molecular weight is 541 g/mol. The number of aliphatic hydroxyl groups excluding tert-OH is 1. The molecule has 5 rings (SSSR count). The van der Waals surface area contributed by atoms with E-state index in [0.29, 0.717) is 26.4 Å². The Bertz CT molecular complexity index is 1240. The molecule has 6 heteroatoms. The van der Waals surface area contributed by atoms with Crippen LogP contribution >= 0.6 is 0 Å². The Hall–Kier alpha value is -3.36. The normalized spacial score (nSPS) is 22.7. The van der Waals surface area contributed by atoms with E-state index in [1.807, 2.05) is 121 Å². The van der Waals surface area contributed by atoms with Crippen molar-refractivity contribution >= 4 is 0 Å². The smallest absolute Gasteiger partial charge is 0.184 e. The zero-order valence-corrected chi connectivity index (χ0v) is 22.5. The highest BCUT2D eigenvalue weighted by Crippen LogP contribution is 2.30. The van der Waals surface area contributed by atoms with Gasteiger partial charge in [-0.25, -0.2) is 0 Å². The molecule has 4 aromatic carbocycles. The van der Waals surface area contributed by atoms with Crippen molar-refractivity contribution in [2.45, 2.75) is 57.1 Å². The molecule has 1 heterocycles. The van der Waals surface area contributed by atoms with Gasteiger partial charge in [0.05, 0.1) is 33.0 Å². The highest BCUT2D eigenvalue weighted by Gasteiger charge is 2.48. The Morgan fingerprint density at radius 2 is 0.850 bits per heavy atom. The summed E-state index contributed by atoms with van der Waals surface area (Å²) in [5.74, 6) is 0. The number of hydrogen-bond acceptors (Lipinski definition) is 6. The average Bonchev–Trinajstić information content (AvgIpc) is 3.01. The molecule has 0 saturated carbocycles. The van der Waals surface area contributed by atoms with Crippen molar-refractivity contribution in [1.82, 2.24) is 0 Å². The standard InChI is InChI=1S/C34H36O6/c35-34-33(39-24-29-19-11-4-12-20-29)32(38-23-28-17-9-3-10-18-28)31(37-22-27-15-7-2-8-16-27)30(40-34)25-36-21-26-13-5-1-6-14-26/h1-20,30-35H,21-25H2/t30-,31+,32-,33+,34+/m1/s1. The van der Waals surface area contributed by atoms with Gasteiger partial charge in [-0.05, 0) is 22.3 Å². The second kappa shape index (κ2) is 14.9. The van der Waals surface area contributed by atoms with E-state index >= 15 is 0 Å². The molecule has 0 aromatic heterocycles. The first-order valence-corrected chi connectivity index (χ1v) is 13.7. The summed E-state index contributed by atoms with van der Waals surface area (Å²) in [6.45, 7) is 1.65. The maximum absolute atomic E-state index is 11.2. The lowest BCUT2D eigenvalue weighted by atomic mass is 9.98. The lowest BCUT2D eigenvalue weighted by molar-refractivity contribution is -0.317. The van der Waals surface area contributed by atoms with Gasteiger partial charge in [-0.1, -0.05) is 121 Å². The molecule has 1 saturated heterocycles. The van der Waals surface area contributed by atoms with E-state index in [4.69, 9.17) is 23.7 Å². The highest BCUT2D eigenvalue weighted by atomic mass is 16.7. The first-order valence-electron chi connectivity index (χ1n) is 13.7. The molecule has 5 atom stereocenters. The predicted molar refractivity (Wildman–Crippen MR) is 152 cm³/mol. The van der Waals surface area contributed by atoms with Crippen molar-refractivity contribution in [3.05, 3.63) is 144 Å². The molecule has 0 aliphatic carbocycles. The predicted octanol–water partition coefficient (Wildman–Crippen LogP) is 5.68. The minimum absolute atomic E-state index is 0.224. The highest BCUT2D eigenvalue weighted by molar-refractivity contribution is 5.16. The van der Waals surface area contributed by atoms with Crippen molar-refractivity contribution in [2.24, 2.45) is 0 Å². The first-order chi connectivity index (χ1) is 19.8. The molecule has 1 aliphatic rings. The van der Waals surface area contributed by atoms with Crippen LogP contribution in [0.1, 0.15) is 22.3 Å². The molecule has 0 radical (unpaired) electrons. The molecule has 1 N–H and O–H groups in total. The van der Waals surface area contributed by atoms with Crippen LogP contribution in [0.4, 0.5) is 0 Å². The van der Waals surface area contributed by atoms with E-state index in [1.165, 1.54) is 0 Å². The zero-order chi connectivity index (χ0) is 27.4. The van der Waals surface area contributed by atoms with Gasteiger partial charge in [0.1, 0.15) is 24.4 Å². The van der Waals surface area contributed by atoms with Crippen LogP contribution in [-0.4, -0.2) is 42.4 Å². The van der Waals surface area contributed by atoms with Crippen LogP contribution in [0.25, 0.3) is 0 Å². The Labute approximate surface area is 236 Å². The van der Waals surface area contributed by atoms with E-state index < -0.39 is 30.7 Å². The molecule has 40 heavy (non-hydrogen) atoms. The van der Waals surface area contributed by atoms with Crippen LogP contribution < -0.4 is 0 Å². The van der Waals surface area contributed by atoms with E-state index in [-0.39, 0.29) is 6.61 Å². The van der Waals surface area contributed by atoms with Gasteiger partial charge in [0.25, 0.3) is 0 Å².